The second-order valence-electron chi connectivity index (χ2n) is 16.8. The summed E-state index contributed by atoms with van der Waals surface area (Å²) in [6.07, 6.45) is 15.7. The van der Waals surface area contributed by atoms with Crippen molar-refractivity contribution < 1.29 is 37.1 Å². The number of nitrogens with one attached hydrogen (secondary N) is 2. The number of ether oxygens (including phenoxy) is 2. The fourth-order valence-corrected chi connectivity index (χ4v) is 10.7. The quantitative estimate of drug-likeness (QED) is 0.307. The molecule has 55 heavy (non-hydrogen) atoms. The van der Waals surface area contributed by atoms with E-state index in [1.54, 1.807) is 0 Å². The molecule has 2 aromatic rings. The summed E-state index contributed by atoms with van der Waals surface area (Å²) < 4.78 is 40.9. The van der Waals surface area contributed by atoms with Crippen molar-refractivity contribution in [1.82, 2.24) is 19.9 Å². The summed E-state index contributed by atoms with van der Waals surface area (Å²) in [5.74, 6) is -2.10. The zero-order valence-electron chi connectivity index (χ0n) is 31.6. The molecule has 1 saturated heterocycles. The summed E-state index contributed by atoms with van der Waals surface area (Å²) in [5, 5.41) is 3.28. The van der Waals surface area contributed by atoms with Crippen molar-refractivity contribution >= 4 is 44.6 Å². The number of carbonyl (C=O) groups excluding carboxylic acids is 4. The Balaban J connectivity index is 1.13. The summed E-state index contributed by atoms with van der Waals surface area (Å²) in [5.41, 5.74) is 0.261. The monoisotopic (exact) mass is 774 g/mol. The van der Waals surface area contributed by atoms with Crippen molar-refractivity contribution in [2.24, 2.45) is 17.8 Å². The largest absolute Gasteiger partial charge is 0.487 e. The Labute approximate surface area is 323 Å². The number of allylic oxidation sites excluding steroid dienone is 1. The van der Waals surface area contributed by atoms with E-state index in [1.807, 2.05) is 42.5 Å². The molecule has 3 saturated carbocycles. The van der Waals surface area contributed by atoms with Gasteiger partial charge in [0.25, 0.3) is 5.91 Å². The van der Waals surface area contributed by atoms with E-state index in [2.05, 4.69) is 10.0 Å². The lowest BCUT2D eigenvalue weighted by Crippen LogP contribution is -2.57. The van der Waals surface area contributed by atoms with Gasteiger partial charge in [-0.05, 0) is 95.1 Å². The highest BCUT2D eigenvalue weighted by atomic mass is 32.2. The van der Waals surface area contributed by atoms with Crippen molar-refractivity contribution in [3.63, 3.8) is 0 Å². The normalized spacial score (nSPS) is 32.4. The molecule has 2 N–H and O–H groups in total. The van der Waals surface area contributed by atoms with Gasteiger partial charge in [-0.1, -0.05) is 56.0 Å². The number of esters is 1. The van der Waals surface area contributed by atoms with E-state index < -0.39 is 50.7 Å². The van der Waals surface area contributed by atoms with Gasteiger partial charge in [0.2, 0.25) is 21.8 Å². The lowest BCUT2D eigenvalue weighted by molar-refractivity contribution is -0.155. The standard InChI is InChI=1S/C42H54N4O8S/c47-38-23-29-14-5-2-1-3-7-16-30-25-42(30,41(50)45-55(51,52)32-20-21-32)44-39(48)35-24-31(26-46(35)40(29)49)53-37-22-28-13-9-10-17-33(28)43-34(37)18-8-4-6-12-27-15-11-19-36(27)54-38/h7,9-10,13,16-17,22,27,29-32,35-36H,1-6,8,11-12,14-15,18-21,23-26H2,(H,44,48)(H,45,50). The minimum atomic E-state index is -3.86. The van der Waals surface area contributed by atoms with Crippen LogP contribution in [0.5, 0.6) is 5.75 Å². The van der Waals surface area contributed by atoms with Gasteiger partial charge in [-0.15, -0.1) is 0 Å². The van der Waals surface area contributed by atoms with Crippen LogP contribution in [-0.2, 0) is 40.4 Å². The van der Waals surface area contributed by atoms with Crippen LogP contribution in [0.3, 0.4) is 0 Å². The fourth-order valence-electron chi connectivity index (χ4n) is 9.36. The molecule has 8 rings (SSSR count). The number of benzene rings is 1. The molecule has 3 aliphatic carbocycles. The SMILES string of the molecule is O=C1CC2CCCCCC=CC3CC3(C(=O)NS(=O)(=O)C3CC3)NC(=O)C3CC(CN3C2=O)Oc2cc3ccccc3nc2CCCCCC2CCCC2O1. The van der Waals surface area contributed by atoms with E-state index in [9.17, 15) is 27.6 Å². The number of amides is 3. The van der Waals surface area contributed by atoms with Crippen LogP contribution in [-0.4, -0.2) is 77.6 Å². The Morgan fingerprint density at radius 2 is 1.73 bits per heavy atom. The number of nitrogens with zero attached hydrogens (tertiary/aromatic N) is 2. The molecule has 3 aliphatic heterocycles. The highest BCUT2D eigenvalue weighted by molar-refractivity contribution is 7.91. The average molecular weight is 775 g/mol. The molecule has 296 valence electrons. The predicted octanol–water partition coefficient (Wildman–Crippen LogP) is 5.42. The highest BCUT2D eigenvalue weighted by Crippen LogP contribution is 2.46. The van der Waals surface area contributed by atoms with E-state index in [-0.39, 0.29) is 49.7 Å². The minimum Gasteiger partial charge on any atom is -0.487 e. The molecule has 0 radical (unpaired) electrons. The molecule has 4 fully saturated rings. The first-order chi connectivity index (χ1) is 26.6. The van der Waals surface area contributed by atoms with Crippen LogP contribution in [0.4, 0.5) is 0 Å². The van der Waals surface area contributed by atoms with Crippen molar-refractivity contribution in [3.8, 4) is 5.75 Å². The van der Waals surface area contributed by atoms with E-state index >= 15 is 0 Å². The maximum absolute atomic E-state index is 14.7. The zero-order valence-corrected chi connectivity index (χ0v) is 32.4. The molecule has 1 aromatic carbocycles. The number of carbonyl (C=O) groups is 4. The Bertz CT molecular complexity index is 1950. The summed E-state index contributed by atoms with van der Waals surface area (Å²) >= 11 is 0. The van der Waals surface area contributed by atoms with Crippen molar-refractivity contribution in [2.75, 3.05) is 6.54 Å². The molecule has 3 amide bonds. The fraction of sp³-hybridized carbons (Fsp3) is 0.643. The zero-order chi connectivity index (χ0) is 38.2. The van der Waals surface area contributed by atoms with E-state index in [0.29, 0.717) is 37.4 Å². The Morgan fingerprint density at radius 1 is 0.927 bits per heavy atom. The number of hydrogen-bond acceptors (Lipinski definition) is 9. The topological polar surface area (TPSA) is 161 Å². The number of rotatable bonds is 3. The first-order valence-electron chi connectivity index (χ1n) is 20.7. The number of para-hydroxylation sites is 1. The minimum absolute atomic E-state index is 0.0650. The highest BCUT2D eigenvalue weighted by Gasteiger charge is 2.62. The van der Waals surface area contributed by atoms with Gasteiger partial charge in [-0.2, -0.15) is 0 Å². The van der Waals surface area contributed by atoms with Gasteiger partial charge in [0.15, 0.2) is 0 Å². The molecule has 7 unspecified atom stereocenters. The molecular weight excluding hydrogens is 721 g/mol. The van der Waals surface area contributed by atoms with Crippen LogP contribution in [0.2, 0.25) is 0 Å². The molecule has 13 heteroatoms. The van der Waals surface area contributed by atoms with E-state index in [0.717, 1.165) is 87.2 Å². The van der Waals surface area contributed by atoms with Gasteiger partial charge in [0.1, 0.15) is 29.5 Å². The van der Waals surface area contributed by atoms with Gasteiger partial charge in [0, 0.05) is 23.6 Å². The summed E-state index contributed by atoms with van der Waals surface area (Å²) in [4.78, 5) is 63.2. The predicted molar refractivity (Wildman–Crippen MR) is 205 cm³/mol. The molecular formula is C42H54N4O8S. The molecule has 6 aliphatic rings. The van der Waals surface area contributed by atoms with Crippen LogP contribution in [0.25, 0.3) is 10.9 Å². The van der Waals surface area contributed by atoms with E-state index in [1.165, 1.54) is 4.90 Å². The van der Waals surface area contributed by atoms with Crippen LogP contribution in [0, 0.1) is 17.8 Å². The van der Waals surface area contributed by atoms with Crippen LogP contribution in [0.1, 0.15) is 115 Å². The molecule has 1 aromatic heterocycles. The second kappa shape index (κ2) is 15.9. The summed E-state index contributed by atoms with van der Waals surface area (Å²) in [6, 6.07) is 8.89. The molecule has 12 nitrogen and oxygen atoms in total. The van der Waals surface area contributed by atoms with Crippen LogP contribution in [0.15, 0.2) is 42.5 Å². The number of hydrogen-bond donors (Lipinski definition) is 2. The maximum Gasteiger partial charge on any atom is 0.306 e. The lowest BCUT2D eigenvalue weighted by Gasteiger charge is -2.29. The average Bonchev–Trinajstić information content (AvgIpc) is 4.05. The van der Waals surface area contributed by atoms with Gasteiger partial charge in [-0.3, -0.25) is 23.9 Å². The van der Waals surface area contributed by atoms with Crippen molar-refractivity contribution in [3.05, 3.63) is 48.2 Å². The first-order valence-corrected chi connectivity index (χ1v) is 22.2. The number of aryl methyl sites for hydroxylation is 1. The van der Waals surface area contributed by atoms with Crippen molar-refractivity contribution in [2.45, 2.75) is 145 Å². The third-order valence-corrected chi connectivity index (χ3v) is 14.6. The van der Waals surface area contributed by atoms with Gasteiger partial charge < -0.3 is 19.7 Å². The number of fused-ring (bicyclic) bond motifs is 6. The van der Waals surface area contributed by atoms with Gasteiger partial charge >= 0.3 is 5.97 Å². The smallest absolute Gasteiger partial charge is 0.306 e. The summed E-state index contributed by atoms with van der Waals surface area (Å²) in [7, 11) is -3.86. The van der Waals surface area contributed by atoms with Gasteiger partial charge in [0.05, 0.1) is 29.4 Å². The Morgan fingerprint density at radius 3 is 2.58 bits per heavy atom. The summed E-state index contributed by atoms with van der Waals surface area (Å²) in [6.45, 7) is 0.109. The third kappa shape index (κ3) is 8.42. The number of aromatic nitrogens is 1. The molecule has 3 bridgehead atoms. The third-order valence-electron chi connectivity index (χ3n) is 12.8. The first kappa shape index (κ1) is 37.9. The Hall–Kier alpha value is -4.00. The van der Waals surface area contributed by atoms with E-state index in [4.69, 9.17) is 14.5 Å². The molecule has 0 spiro atoms. The molecule has 4 heterocycles. The van der Waals surface area contributed by atoms with Crippen molar-refractivity contribution in [1.29, 1.82) is 0 Å². The lowest BCUT2D eigenvalue weighted by atomic mass is 9.94. The van der Waals surface area contributed by atoms with Gasteiger partial charge in [-0.25, -0.2) is 13.4 Å². The second-order valence-corrected chi connectivity index (χ2v) is 18.8. The number of pyridine rings is 1. The van der Waals surface area contributed by atoms with Crippen LogP contribution >= 0.6 is 0 Å². The van der Waals surface area contributed by atoms with Crippen LogP contribution < -0.4 is 14.8 Å². The molecule has 7 atom stereocenters. The Kier molecular flexibility index (Phi) is 10.9. The number of sulfonamides is 1. The maximum atomic E-state index is 14.7.